The molecule has 2 aliphatic heterocycles. The van der Waals surface area contributed by atoms with Gasteiger partial charge in [0, 0.05) is 46.2 Å². The first-order valence-electron chi connectivity index (χ1n) is 9.38. The zero-order valence-electron chi connectivity index (χ0n) is 14.9. The summed E-state index contributed by atoms with van der Waals surface area (Å²) in [7, 11) is 2.10. The fourth-order valence-electron chi connectivity index (χ4n) is 4.16. The fourth-order valence-corrected chi connectivity index (χ4v) is 4.16. The van der Waals surface area contributed by atoms with Crippen LogP contribution >= 0.6 is 0 Å². The number of hydrogen-bond donors (Lipinski definition) is 1. The molecule has 1 amide bonds. The minimum Gasteiger partial charge on any atom is -0.340 e. The standard InChI is InChI=1S/C19H27N5O/c1-22-16-6-3-2-5-15(16)21-19(22)17-7-4-11-23(17)12-8-18(25)24-13-9-20-10-14-24/h2-3,5-6,17,20H,4,7-14H2,1H3. The Labute approximate surface area is 148 Å². The molecule has 1 atom stereocenters. The quantitative estimate of drug-likeness (QED) is 0.916. The van der Waals surface area contributed by atoms with Crippen LogP contribution in [-0.4, -0.2) is 64.5 Å². The van der Waals surface area contributed by atoms with Crippen molar-refractivity contribution >= 4 is 16.9 Å². The smallest absolute Gasteiger partial charge is 0.223 e. The molecule has 1 unspecified atom stereocenters. The minimum absolute atomic E-state index is 0.289. The number of fused-ring (bicyclic) bond motifs is 1. The molecular formula is C19H27N5O. The number of benzene rings is 1. The Kier molecular flexibility index (Phi) is 4.72. The number of nitrogens with zero attached hydrogens (tertiary/aromatic N) is 4. The molecule has 0 saturated carbocycles. The second-order valence-electron chi connectivity index (χ2n) is 7.09. The Balaban J connectivity index is 1.44. The van der Waals surface area contributed by atoms with Crippen molar-refractivity contribution in [3.63, 3.8) is 0 Å². The molecular weight excluding hydrogens is 314 g/mol. The number of piperazine rings is 1. The average Bonchev–Trinajstić information content (AvgIpc) is 3.25. The van der Waals surface area contributed by atoms with Crippen LogP contribution in [0.3, 0.4) is 0 Å². The molecule has 1 aromatic carbocycles. The van der Waals surface area contributed by atoms with Crippen molar-refractivity contribution in [2.24, 2.45) is 7.05 Å². The summed E-state index contributed by atoms with van der Waals surface area (Å²) < 4.78 is 2.22. The summed E-state index contributed by atoms with van der Waals surface area (Å²) in [4.78, 5) is 21.8. The lowest BCUT2D eigenvalue weighted by Gasteiger charge is -2.29. The van der Waals surface area contributed by atoms with Crippen molar-refractivity contribution in [3.8, 4) is 0 Å². The van der Waals surface area contributed by atoms with Crippen molar-refractivity contribution in [3.05, 3.63) is 30.1 Å². The van der Waals surface area contributed by atoms with Gasteiger partial charge in [-0.2, -0.15) is 0 Å². The predicted octanol–water partition coefficient (Wildman–Crippen LogP) is 1.53. The number of para-hydroxylation sites is 2. The number of rotatable bonds is 4. The van der Waals surface area contributed by atoms with Gasteiger partial charge in [-0.05, 0) is 31.5 Å². The van der Waals surface area contributed by atoms with Gasteiger partial charge in [-0.15, -0.1) is 0 Å². The van der Waals surface area contributed by atoms with Crippen LogP contribution in [0.4, 0.5) is 0 Å². The number of carbonyl (C=O) groups is 1. The van der Waals surface area contributed by atoms with Crippen LogP contribution in [0.15, 0.2) is 24.3 Å². The Morgan fingerprint density at radius 1 is 1.24 bits per heavy atom. The van der Waals surface area contributed by atoms with Gasteiger partial charge in [0.25, 0.3) is 0 Å². The predicted molar refractivity (Wildman–Crippen MR) is 98.3 cm³/mol. The van der Waals surface area contributed by atoms with Gasteiger partial charge in [0.05, 0.1) is 17.1 Å². The van der Waals surface area contributed by atoms with E-state index in [0.717, 1.165) is 57.0 Å². The Morgan fingerprint density at radius 3 is 2.84 bits per heavy atom. The van der Waals surface area contributed by atoms with E-state index < -0.39 is 0 Å². The molecule has 25 heavy (non-hydrogen) atoms. The van der Waals surface area contributed by atoms with Crippen LogP contribution < -0.4 is 5.32 Å². The van der Waals surface area contributed by atoms with Crippen LogP contribution in [0.25, 0.3) is 11.0 Å². The van der Waals surface area contributed by atoms with E-state index in [1.165, 1.54) is 11.9 Å². The Bertz CT molecular complexity index is 749. The second kappa shape index (κ2) is 7.14. The SMILES string of the molecule is Cn1c(C2CCCN2CCC(=O)N2CCNCC2)nc2ccccc21. The number of aromatic nitrogens is 2. The van der Waals surface area contributed by atoms with E-state index in [1.54, 1.807) is 0 Å². The molecule has 0 radical (unpaired) electrons. The first-order valence-corrected chi connectivity index (χ1v) is 9.38. The van der Waals surface area contributed by atoms with Gasteiger partial charge in [-0.3, -0.25) is 9.69 Å². The highest BCUT2D eigenvalue weighted by atomic mass is 16.2. The number of nitrogens with one attached hydrogen (secondary N) is 1. The van der Waals surface area contributed by atoms with Crippen molar-refractivity contribution in [1.29, 1.82) is 0 Å². The molecule has 6 nitrogen and oxygen atoms in total. The summed E-state index contributed by atoms with van der Waals surface area (Å²) >= 11 is 0. The summed E-state index contributed by atoms with van der Waals surface area (Å²) in [5.41, 5.74) is 2.24. The second-order valence-corrected chi connectivity index (χ2v) is 7.09. The zero-order valence-corrected chi connectivity index (χ0v) is 14.9. The summed E-state index contributed by atoms with van der Waals surface area (Å²) in [6.07, 6.45) is 2.91. The van der Waals surface area contributed by atoms with Crippen LogP contribution in [0.5, 0.6) is 0 Å². The van der Waals surface area contributed by atoms with Crippen molar-refractivity contribution in [2.45, 2.75) is 25.3 Å². The minimum atomic E-state index is 0.289. The maximum absolute atomic E-state index is 12.5. The third-order valence-corrected chi connectivity index (χ3v) is 5.57. The molecule has 0 aliphatic carbocycles. The largest absolute Gasteiger partial charge is 0.340 e. The topological polar surface area (TPSA) is 53.4 Å². The van der Waals surface area contributed by atoms with Gasteiger partial charge < -0.3 is 14.8 Å². The van der Waals surface area contributed by atoms with Crippen molar-refractivity contribution in [1.82, 2.24) is 24.7 Å². The fraction of sp³-hybridized carbons (Fsp3) is 0.579. The molecule has 4 rings (SSSR count). The maximum Gasteiger partial charge on any atom is 0.223 e. The highest BCUT2D eigenvalue weighted by Crippen LogP contribution is 2.32. The highest BCUT2D eigenvalue weighted by molar-refractivity contribution is 5.77. The average molecular weight is 341 g/mol. The molecule has 2 saturated heterocycles. The third-order valence-electron chi connectivity index (χ3n) is 5.57. The molecule has 1 aromatic heterocycles. The summed E-state index contributed by atoms with van der Waals surface area (Å²) in [5.74, 6) is 1.42. The first-order chi connectivity index (χ1) is 12.2. The van der Waals surface area contributed by atoms with E-state index in [2.05, 4.69) is 40.0 Å². The molecule has 134 valence electrons. The monoisotopic (exact) mass is 341 g/mol. The van der Waals surface area contributed by atoms with Gasteiger partial charge in [0.15, 0.2) is 0 Å². The summed E-state index contributed by atoms with van der Waals surface area (Å²) in [5, 5.41) is 3.30. The van der Waals surface area contributed by atoms with E-state index >= 15 is 0 Å². The van der Waals surface area contributed by atoms with E-state index in [0.29, 0.717) is 12.5 Å². The Hall–Kier alpha value is -1.92. The molecule has 2 fully saturated rings. The normalized spacial score (nSPS) is 22.0. The van der Waals surface area contributed by atoms with Crippen LogP contribution in [-0.2, 0) is 11.8 Å². The lowest BCUT2D eigenvalue weighted by molar-refractivity contribution is -0.132. The van der Waals surface area contributed by atoms with E-state index in [9.17, 15) is 4.79 Å². The van der Waals surface area contributed by atoms with Crippen LogP contribution in [0, 0.1) is 0 Å². The molecule has 1 N–H and O–H groups in total. The molecule has 6 heteroatoms. The molecule has 0 bridgehead atoms. The molecule has 2 aliphatic rings. The number of carbonyl (C=O) groups excluding carboxylic acids is 1. The number of likely N-dealkylation sites (tertiary alicyclic amines) is 1. The van der Waals surface area contributed by atoms with Crippen molar-refractivity contribution in [2.75, 3.05) is 39.3 Å². The van der Waals surface area contributed by atoms with Crippen LogP contribution in [0.1, 0.15) is 31.1 Å². The number of hydrogen-bond acceptors (Lipinski definition) is 4. The van der Waals surface area contributed by atoms with Crippen molar-refractivity contribution < 1.29 is 4.79 Å². The van der Waals surface area contributed by atoms with E-state index in [1.807, 2.05) is 11.0 Å². The van der Waals surface area contributed by atoms with Gasteiger partial charge in [0.2, 0.25) is 5.91 Å². The highest BCUT2D eigenvalue weighted by Gasteiger charge is 2.30. The first kappa shape index (κ1) is 16.5. The maximum atomic E-state index is 12.5. The number of imidazole rings is 1. The third kappa shape index (κ3) is 3.28. The molecule has 2 aromatic rings. The Morgan fingerprint density at radius 2 is 2.04 bits per heavy atom. The number of aryl methyl sites for hydroxylation is 1. The van der Waals surface area contributed by atoms with Gasteiger partial charge in [-0.1, -0.05) is 12.1 Å². The zero-order chi connectivity index (χ0) is 17.2. The molecule has 0 spiro atoms. The molecule has 3 heterocycles. The lowest BCUT2D eigenvalue weighted by Crippen LogP contribution is -2.47. The van der Waals surface area contributed by atoms with E-state index in [-0.39, 0.29) is 5.91 Å². The van der Waals surface area contributed by atoms with Gasteiger partial charge in [0.1, 0.15) is 5.82 Å². The summed E-state index contributed by atoms with van der Waals surface area (Å²) in [6.45, 7) is 5.40. The van der Waals surface area contributed by atoms with Gasteiger partial charge >= 0.3 is 0 Å². The van der Waals surface area contributed by atoms with E-state index in [4.69, 9.17) is 4.98 Å². The summed E-state index contributed by atoms with van der Waals surface area (Å²) in [6, 6.07) is 8.63. The van der Waals surface area contributed by atoms with Crippen LogP contribution in [0.2, 0.25) is 0 Å². The lowest BCUT2D eigenvalue weighted by atomic mass is 10.2. The van der Waals surface area contributed by atoms with Gasteiger partial charge in [-0.25, -0.2) is 4.98 Å². The number of amides is 1.